The summed E-state index contributed by atoms with van der Waals surface area (Å²) < 4.78 is 35.3. The molecule has 0 aromatic rings. The summed E-state index contributed by atoms with van der Waals surface area (Å²) in [6, 6.07) is -0.240. The van der Waals surface area contributed by atoms with E-state index in [1.165, 1.54) is 0 Å². The van der Waals surface area contributed by atoms with Crippen LogP contribution in [0.25, 0.3) is 0 Å². The standard InChI is InChI=1S/C14H38O6S4Si4.C2H4Cl6Si2.C2H6OS/c1-15-12-22-27(18-5-8-25,19-6-9-26)10-11-28(20-4-7-21,23-13-16-2)24-14-17-3;3-9(4,5)1-2-10(6,7)8;3-1-2-4/h21H,4-14H2,1-3,25-26H3;1-2H2;3-4H,1-2H2. The lowest BCUT2D eigenvalue weighted by Gasteiger charge is -2.34. The first-order valence-corrected chi connectivity index (χ1v) is 36.8. The van der Waals surface area contributed by atoms with E-state index in [-0.39, 0.29) is 6.61 Å². The molecule has 1 N–H and O–H groups in total. The van der Waals surface area contributed by atoms with Gasteiger partial charge in [0.2, 0.25) is 0 Å². The van der Waals surface area contributed by atoms with Crippen molar-refractivity contribution in [1.29, 1.82) is 0 Å². The second-order valence-electron chi connectivity index (χ2n) is 7.97. The lowest BCUT2D eigenvalue weighted by atomic mass is 10.9. The minimum absolute atomic E-state index is 0.184. The van der Waals surface area contributed by atoms with Gasteiger partial charge in [0, 0.05) is 79.2 Å². The first-order valence-electron chi connectivity index (χ1n) is 13.0. The molecule has 258 valence electrons. The van der Waals surface area contributed by atoms with Crippen molar-refractivity contribution in [1.82, 2.24) is 0 Å². The van der Waals surface area contributed by atoms with Crippen LogP contribution in [0.3, 0.4) is 0 Å². The maximum atomic E-state index is 7.80. The molecule has 0 radical (unpaired) electrons. The molecule has 0 unspecified atom stereocenters. The molecule has 0 aliphatic heterocycles. The maximum Gasteiger partial charge on any atom is 0.408 e. The summed E-state index contributed by atoms with van der Waals surface area (Å²) in [5.74, 6) is 3.08. The molecule has 0 aliphatic carbocycles. The first kappa shape index (κ1) is 50.9. The van der Waals surface area contributed by atoms with Crippen molar-refractivity contribution in [2.24, 2.45) is 0 Å². The Bertz CT molecular complexity index is 511. The molecule has 0 fully saturated rings. The van der Waals surface area contributed by atoms with Crippen molar-refractivity contribution in [3.63, 3.8) is 0 Å². The highest BCUT2D eigenvalue weighted by molar-refractivity contribution is 8.57. The van der Waals surface area contributed by atoms with Crippen LogP contribution in [-0.4, -0.2) is 129 Å². The minimum atomic E-state index is -2.57. The van der Waals surface area contributed by atoms with Crippen LogP contribution in [0.15, 0.2) is 0 Å². The topological polar surface area (TPSA) is 75.6 Å². The van der Waals surface area contributed by atoms with Crippen molar-refractivity contribution in [2.75, 3.05) is 77.1 Å². The highest BCUT2D eigenvalue weighted by Crippen LogP contribution is 2.42. The van der Waals surface area contributed by atoms with Gasteiger partial charge in [-0.3, -0.25) is 0 Å². The highest BCUT2D eigenvalue weighted by Gasteiger charge is 2.46. The van der Waals surface area contributed by atoms with Crippen LogP contribution in [0.2, 0.25) is 36.3 Å². The zero-order chi connectivity index (χ0) is 33.0. The number of halogens is 6. The van der Waals surface area contributed by atoms with Gasteiger partial charge in [0.15, 0.2) is 0 Å². The van der Waals surface area contributed by atoms with Gasteiger partial charge in [-0.2, -0.15) is 25.3 Å². The quantitative estimate of drug-likeness (QED) is 0.0465. The van der Waals surface area contributed by atoms with Crippen LogP contribution in [0, 0.1) is 0 Å². The van der Waals surface area contributed by atoms with E-state index in [4.69, 9.17) is 99.1 Å². The molecule has 0 aliphatic rings. The first-order chi connectivity index (χ1) is 19.7. The molecule has 0 atom stereocenters. The molecule has 24 heteroatoms. The molecular weight excluding hydrogens is 870 g/mol. The second kappa shape index (κ2) is 32.7. The SMILES string of the molecule is COCS[Si](CC[Si](OCCS)(SCOC)SCOC)(OCC[SiH3])OCC[SiH3].Cl[Si](Cl)(Cl)CC[Si](Cl)(Cl)Cl.OCCS. The Balaban J connectivity index is -0.000000893. The summed E-state index contributed by atoms with van der Waals surface area (Å²) in [5, 5.41) is 7.80. The van der Waals surface area contributed by atoms with Gasteiger partial charge in [-0.25, -0.2) is 0 Å². The fourth-order valence-corrected chi connectivity index (χ4v) is 28.0. The molecule has 0 heterocycles. The molecule has 0 aromatic heterocycles. The Kier molecular flexibility index (Phi) is 39.6. The van der Waals surface area contributed by atoms with Crippen LogP contribution >= 0.6 is 125 Å². The molecule has 0 saturated carbocycles. The van der Waals surface area contributed by atoms with Gasteiger partial charge in [0.25, 0.3) is 0 Å². The summed E-state index contributed by atoms with van der Waals surface area (Å²) in [7, 11) is 5.02. The minimum Gasteiger partial charge on any atom is -0.398 e. The van der Waals surface area contributed by atoms with E-state index < -0.39 is 26.3 Å². The Morgan fingerprint density at radius 2 is 1.02 bits per heavy atom. The van der Waals surface area contributed by atoms with Crippen molar-refractivity contribution in [3.05, 3.63) is 0 Å². The van der Waals surface area contributed by atoms with Gasteiger partial charge in [-0.05, 0) is 30.2 Å². The van der Waals surface area contributed by atoms with Crippen molar-refractivity contribution in [2.45, 2.75) is 36.3 Å². The van der Waals surface area contributed by atoms with Gasteiger partial charge in [0.1, 0.15) is 0 Å². The van der Waals surface area contributed by atoms with Gasteiger partial charge >= 0.3 is 26.3 Å². The molecule has 0 amide bonds. The van der Waals surface area contributed by atoms with E-state index in [1.54, 1.807) is 55.0 Å². The van der Waals surface area contributed by atoms with Crippen LogP contribution in [0.5, 0.6) is 0 Å². The monoisotopic (exact) mass is 914 g/mol. The molecule has 0 aromatic carbocycles. The smallest absolute Gasteiger partial charge is 0.398 e. The molecule has 0 rings (SSSR count). The van der Waals surface area contributed by atoms with Gasteiger partial charge in [-0.15, -0.1) is 88.9 Å². The lowest BCUT2D eigenvalue weighted by Crippen LogP contribution is -2.44. The zero-order valence-corrected chi connectivity index (χ0v) is 41.7. The second-order valence-corrected chi connectivity index (χ2v) is 44.8. The predicted octanol–water partition coefficient (Wildman–Crippen LogP) is 5.63. The van der Waals surface area contributed by atoms with E-state index >= 15 is 0 Å². The average Bonchev–Trinajstić information content (AvgIpc) is 2.95. The summed E-state index contributed by atoms with van der Waals surface area (Å²) in [6.45, 7) is 0.154. The number of ether oxygens (including phenoxy) is 3. The van der Waals surface area contributed by atoms with Crippen molar-refractivity contribution in [3.8, 4) is 0 Å². The fourth-order valence-electron chi connectivity index (χ4n) is 2.44. The van der Waals surface area contributed by atoms with Crippen molar-refractivity contribution >= 4 is 172 Å². The summed E-state index contributed by atoms with van der Waals surface area (Å²) in [6.07, 6.45) is 0. The number of aliphatic hydroxyl groups is 1. The number of hydrogen-bond donors (Lipinski definition) is 3. The third-order valence-electron chi connectivity index (χ3n) is 4.18. The number of aliphatic hydroxyl groups excluding tert-OH is 1. The molecule has 42 heavy (non-hydrogen) atoms. The van der Waals surface area contributed by atoms with Gasteiger partial charge < -0.3 is 32.6 Å². The predicted molar refractivity (Wildman–Crippen MR) is 218 cm³/mol. The Hall–Kier alpha value is 4.51. The maximum absolute atomic E-state index is 7.80. The summed E-state index contributed by atoms with van der Waals surface area (Å²) in [5.41, 5.74) is 0. The third-order valence-corrected chi connectivity index (χ3v) is 27.8. The Morgan fingerprint density at radius 1 is 0.619 bits per heavy atom. The van der Waals surface area contributed by atoms with Gasteiger partial charge in [-0.1, -0.05) is 11.2 Å². The van der Waals surface area contributed by atoms with Crippen LogP contribution in [0.1, 0.15) is 0 Å². The molecule has 0 saturated heterocycles. The highest BCUT2D eigenvalue weighted by atomic mass is 35.8. The molecule has 7 nitrogen and oxygen atoms in total. The summed E-state index contributed by atoms with van der Waals surface area (Å²) in [4.78, 5) is 0. The Labute approximate surface area is 314 Å². The van der Waals surface area contributed by atoms with E-state index in [1.807, 2.05) is 0 Å². The molecule has 0 bridgehead atoms. The van der Waals surface area contributed by atoms with Crippen LogP contribution in [-0.2, 0) is 27.5 Å². The fraction of sp³-hybridized carbons (Fsp3) is 1.00. The number of methoxy groups -OCH3 is 3. The average molecular weight is 918 g/mol. The molecular formula is C18H48Cl6O7S5Si6. The third kappa shape index (κ3) is 34.4. The van der Waals surface area contributed by atoms with E-state index in [0.717, 1.165) is 57.9 Å². The van der Waals surface area contributed by atoms with Gasteiger partial charge in [0.05, 0.1) is 24.4 Å². The normalized spacial score (nSPS) is 13.7. The molecule has 0 spiro atoms. The largest absolute Gasteiger partial charge is 0.408 e. The number of hydrogen-bond acceptors (Lipinski definition) is 12. The van der Waals surface area contributed by atoms with Crippen molar-refractivity contribution < 1.29 is 32.6 Å². The lowest BCUT2D eigenvalue weighted by molar-refractivity contribution is 0.203. The number of thiol groups is 2. The van der Waals surface area contributed by atoms with E-state index in [0.29, 0.717) is 48.0 Å². The zero-order valence-electron chi connectivity index (χ0n) is 24.9. The summed E-state index contributed by atoms with van der Waals surface area (Å²) >= 11 is 46.7. The van der Waals surface area contributed by atoms with E-state index in [2.05, 4.69) is 25.3 Å². The van der Waals surface area contributed by atoms with Crippen LogP contribution < -0.4 is 0 Å². The number of rotatable bonds is 25. The van der Waals surface area contributed by atoms with Crippen LogP contribution in [0.4, 0.5) is 0 Å². The Morgan fingerprint density at radius 3 is 1.33 bits per heavy atom. The van der Waals surface area contributed by atoms with E-state index in [9.17, 15) is 0 Å².